The van der Waals surface area contributed by atoms with Crippen LogP contribution in [0.2, 0.25) is 0 Å². The number of amides is 1. The van der Waals surface area contributed by atoms with Crippen LogP contribution in [-0.4, -0.2) is 25.1 Å². The number of rotatable bonds is 7. The number of hydrogen-bond donors (Lipinski definition) is 1. The number of aryl methyl sites for hydroxylation is 1. The van der Waals surface area contributed by atoms with Crippen molar-refractivity contribution in [1.29, 1.82) is 0 Å². The van der Waals surface area contributed by atoms with Crippen molar-refractivity contribution in [3.63, 3.8) is 0 Å². The van der Waals surface area contributed by atoms with Gasteiger partial charge in [0.2, 0.25) is 16.9 Å². The average molecular weight is 447 g/mol. The van der Waals surface area contributed by atoms with Crippen molar-refractivity contribution >= 4 is 28.5 Å². The van der Waals surface area contributed by atoms with E-state index in [4.69, 9.17) is 18.3 Å². The molecule has 4 aromatic rings. The van der Waals surface area contributed by atoms with Gasteiger partial charge in [0.15, 0.2) is 12.4 Å². The second kappa shape index (κ2) is 9.44. The van der Waals surface area contributed by atoms with E-state index in [0.29, 0.717) is 28.0 Å². The average Bonchev–Trinajstić information content (AvgIpc) is 3.33. The molecule has 0 spiro atoms. The maximum atomic E-state index is 13.1. The largest absolute Gasteiger partial charge is 0.476 e. The summed E-state index contributed by atoms with van der Waals surface area (Å²) in [7, 11) is 0. The number of furan rings is 1. The van der Waals surface area contributed by atoms with E-state index < -0.39 is 23.9 Å². The van der Waals surface area contributed by atoms with Crippen LogP contribution in [0.15, 0.2) is 74.5 Å². The highest BCUT2D eigenvalue weighted by atomic mass is 16.5. The van der Waals surface area contributed by atoms with Gasteiger partial charge in [-0.15, -0.1) is 0 Å². The molecule has 0 aliphatic heterocycles. The zero-order valence-corrected chi connectivity index (χ0v) is 18.0. The molecule has 2 aromatic heterocycles. The summed E-state index contributed by atoms with van der Waals surface area (Å²) >= 11 is 0. The minimum Gasteiger partial charge on any atom is -0.476 e. The lowest BCUT2D eigenvalue weighted by molar-refractivity contribution is -0.118. The summed E-state index contributed by atoms with van der Waals surface area (Å²) < 4.78 is 21.8. The Morgan fingerprint density at radius 2 is 1.85 bits per heavy atom. The Hall–Kier alpha value is -4.33. The Kier molecular flexibility index (Phi) is 6.26. The third kappa shape index (κ3) is 4.79. The van der Waals surface area contributed by atoms with Gasteiger partial charge in [-0.05, 0) is 67.9 Å². The first kappa shape index (κ1) is 21.9. The van der Waals surface area contributed by atoms with Gasteiger partial charge in [0.1, 0.15) is 5.58 Å². The fourth-order valence-corrected chi connectivity index (χ4v) is 3.22. The molecular formula is C25H21NO7. The molecule has 33 heavy (non-hydrogen) atoms. The zero-order chi connectivity index (χ0) is 23.4. The number of ether oxygens (including phenoxy) is 2. The lowest BCUT2D eigenvalue weighted by Gasteiger charge is -2.11. The van der Waals surface area contributed by atoms with Gasteiger partial charge >= 0.3 is 5.97 Å². The van der Waals surface area contributed by atoms with E-state index in [1.54, 1.807) is 61.5 Å². The molecule has 1 amide bonds. The van der Waals surface area contributed by atoms with E-state index in [-0.39, 0.29) is 18.1 Å². The summed E-state index contributed by atoms with van der Waals surface area (Å²) in [6.07, 6.45) is 1.45. The van der Waals surface area contributed by atoms with Crippen molar-refractivity contribution in [3.05, 3.63) is 82.2 Å². The van der Waals surface area contributed by atoms with Crippen LogP contribution >= 0.6 is 0 Å². The molecule has 168 valence electrons. The topological polar surface area (TPSA) is 108 Å². The number of nitrogens with one attached hydrogen (secondary N) is 1. The Morgan fingerprint density at radius 3 is 2.55 bits per heavy atom. The normalized spacial score (nSPS) is 10.7. The van der Waals surface area contributed by atoms with E-state index in [1.165, 1.54) is 6.26 Å². The molecule has 0 fully saturated rings. The Balaban J connectivity index is 1.54. The lowest BCUT2D eigenvalue weighted by atomic mass is 10.1. The number of carbonyl (C=O) groups is 2. The van der Waals surface area contributed by atoms with Gasteiger partial charge in [0, 0.05) is 5.69 Å². The van der Waals surface area contributed by atoms with Crippen molar-refractivity contribution in [1.82, 2.24) is 0 Å². The molecular weight excluding hydrogens is 426 g/mol. The molecule has 4 rings (SSSR count). The second-order valence-corrected chi connectivity index (χ2v) is 7.20. The molecule has 1 N–H and O–H groups in total. The predicted molar refractivity (Wildman–Crippen MR) is 121 cm³/mol. The van der Waals surface area contributed by atoms with Crippen molar-refractivity contribution in [2.45, 2.75) is 13.8 Å². The molecule has 8 heteroatoms. The smallest absolute Gasteiger partial charge is 0.338 e. The first-order valence-corrected chi connectivity index (χ1v) is 10.3. The highest BCUT2D eigenvalue weighted by molar-refractivity contribution is 5.94. The maximum absolute atomic E-state index is 13.1. The number of anilines is 1. The van der Waals surface area contributed by atoms with Crippen LogP contribution in [0, 0.1) is 6.92 Å². The highest BCUT2D eigenvalue weighted by Gasteiger charge is 2.21. The van der Waals surface area contributed by atoms with Crippen LogP contribution < -0.4 is 15.5 Å². The van der Waals surface area contributed by atoms with Gasteiger partial charge in [-0.2, -0.15) is 0 Å². The number of hydrogen-bond acceptors (Lipinski definition) is 7. The quantitative estimate of drug-likeness (QED) is 0.414. The summed E-state index contributed by atoms with van der Waals surface area (Å²) in [5.41, 5.74) is 1.75. The predicted octanol–water partition coefficient (Wildman–Crippen LogP) is 4.56. The molecule has 0 atom stereocenters. The molecule has 0 saturated heterocycles. The minimum atomic E-state index is -0.493. The first-order chi connectivity index (χ1) is 16.0. The molecule has 0 aliphatic carbocycles. The summed E-state index contributed by atoms with van der Waals surface area (Å²) in [5, 5.41) is 2.99. The second-order valence-electron chi connectivity index (χ2n) is 7.20. The number of fused-ring (bicyclic) bond motifs is 1. The van der Waals surface area contributed by atoms with Crippen molar-refractivity contribution in [2.24, 2.45) is 0 Å². The Morgan fingerprint density at radius 1 is 1.06 bits per heavy atom. The summed E-state index contributed by atoms with van der Waals surface area (Å²) in [6.45, 7) is 3.45. The number of benzene rings is 2. The fourth-order valence-electron chi connectivity index (χ4n) is 3.22. The SMILES string of the molecule is CCOC(=O)c1ccc(NC(=O)COc2c(-c3ccco3)oc3cc(C)ccc3c2=O)cc1. The van der Waals surface area contributed by atoms with Gasteiger partial charge in [0.05, 0.1) is 23.8 Å². The summed E-state index contributed by atoms with van der Waals surface area (Å²) in [6, 6.07) is 14.7. The van der Waals surface area contributed by atoms with E-state index in [9.17, 15) is 14.4 Å². The Labute approximate surface area is 188 Å². The van der Waals surface area contributed by atoms with E-state index in [1.807, 2.05) is 6.92 Å². The van der Waals surface area contributed by atoms with Crippen molar-refractivity contribution < 1.29 is 27.9 Å². The van der Waals surface area contributed by atoms with Crippen LogP contribution in [0.1, 0.15) is 22.8 Å². The number of esters is 1. The molecule has 0 bridgehead atoms. The minimum absolute atomic E-state index is 0.106. The molecule has 0 radical (unpaired) electrons. The Bertz CT molecular complexity index is 1350. The molecule has 2 aromatic carbocycles. The highest BCUT2D eigenvalue weighted by Crippen LogP contribution is 2.31. The maximum Gasteiger partial charge on any atom is 0.338 e. The van der Waals surface area contributed by atoms with Crippen LogP contribution in [0.3, 0.4) is 0 Å². The molecule has 0 saturated carbocycles. The monoisotopic (exact) mass is 447 g/mol. The molecule has 8 nitrogen and oxygen atoms in total. The zero-order valence-electron chi connectivity index (χ0n) is 18.0. The number of carbonyl (C=O) groups excluding carboxylic acids is 2. The van der Waals surface area contributed by atoms with Crippen LogP contribution in [0.5, 0.6) is 5.75 Å². The van der Waals surface area contributed by atoms with Crippen molar-refractivity contribution in [2.75, 3.05) is 18.5 Å². The van der Waals surface area contributed by atoms with Gasteiger partial charge in [-0.25, -0.2) is 4.79 Å². The van der Waals surface area contributed by atoms with Gasteiger partial charge < -0.3 is 23.6 Å². The summed E-state index contributed by atoms with van der Waals surface area (Å²) in [5.74, 6) is -0.639. The fraction of sp³-hybridized carbons (Fsp3) is 0.160. The van der Waals surface area contributed by atoms with Crippen LogP contribution in [-0.2, 0) is 9.53 Å². The van der Waals surface area contributed by atoms with Gasteiger partial charge in [-0.3, -0.25) is 9.59 Å². The first-order valence-electron chi connectivity index (χ1n) is 10.3. The van der Waals surface area contributed by atoms with Gasteiger partial charge in [-0.1, -0.05) is 6.07 Å². The molecule has 0 aliphatic rings. The molecule has 0 unspecified atom stereocenters. The van der Waals surface area contributed by atoms with Crippen molar-refractivity contribution in [3.8, 4) is 17.3 Å². The summed E-state index contributed by atoms with van der Waals surface area (Å²) in [4.78, 5) is 37.3. The van der Waals surface area contributed by atoms with E-state index >= 15 is 0 Å². The van der Waals surface area contributed by atoms with Crippen LogP contribution in [0.25, 0.3) is 22.5 Å². The lowest BCUT2D eigenvalue weighted by Crippen LogP contribution is -2.22. The third-order valence-corrected chi connectivity index (χ3v) is 4.78. The standard InChI is InChI=1S/C25H21NO7/c1-3-30-25(29)16-7-9-17(10-8-16)26-21(27)14-32-24-22(28)18-11-6-15(2)13-20(18)33-23(24)19-5-4-12-31-19/h4-13H,3,14H2,1-2H3,(H,26,27). The van der Waals surface area contributed by atoms with Gasteiger partial charge in [0.25, 0.3) is 5.91 Å². The molecule has 2 heterocycles. The van der Waals surface area contributed by atoms with E-state index in [2.05, 4.69) is 5.32 Å². The van der Waals surface area contributed by atoms with E-state index in [0.717, 1.165) is 5.56 Å². The third-order valence-electron chi connectivity index (χ3n) is 4.78. The van der Waals surface area contributed by atoms with Crippen LogP contribution in [0.4, 0.5) is 5.69 Å².